The van der Waals surface area contributed by atoms with Crippen molar-refractivity contribution in [3.63, 3.8) is 0 Å². The number of likely N-dealkylation sites (tertiary alicyclic amines) is 1. The fourth-order valence-electron chi connectivity index (χ4n) is 3.46. The molecule has 2 saturated heterocycles. The molecule has 0 saturated carbocycles. The zero-order valence-electron chi connectivity index (χ0n) is 16.5. The fourth-order valence-corrected chi connectivity index (χ4v) is 4.06. The highest BCUT2D eigenvalue weighted by atomic mass is 32.1. The largest absolute Gasteiger partial charge is 0.490 e. The number of hydrogen-bond donors (Lipinski definition) is 1. The maximum atomic E-state index is 10.6. The molecule has 0 aliphatic carbocycles. The van der Waals surface area contributed by atoms with Gasteiger partial charge in [-0.15, -0.1) is 11.3 Å². The van der Waals surface area contributed by atoms with E-state index in [2.05, 4.69) is 15.3 Å². The highest BCUT2D eigenvalue weighted by Gasteiger charge is 2.39. The number of thiazole rings is 1. The molecular formula is C18H27F3N2O5S. The Morgan fingerprint density at radius 2 is 2.14 bits per heavy atom. The number of hydrogen-bond acceptors (Lipinski definition) is 7. The van der Waals surface area contributed by atoms with E-state index in [-0.39, 0.29) is 6.10 Å². The van der Waals surface area contributed by atoms with E-state index in [1.54, 1.807) is 18.4 Å². The van der Waals surface area contributed by atoms with Crippen molar-refractivity contribution in [3.8, 4) is 0 Å². The number of carboxylic acids is 1. The van der Waals surface area contributed by atoms with Crippen LogP contribution in [0, 0.1) is 6.92 Å². The first-order valence-corrected chi connectivity index (χ1v) is 10.3. The van der Waals surface area contributed by atoms with Gasteiger partial charge in [0.1, 0.15) is 0 Å². The summed E-state index contributed by atoms with van der Waals surface area (Å²) in [6.45, 7) is 6.25. The van der Waals surface area contributed by atoms with Crippen LogP contribution in [0.25, 0.3) is 0 Å². The van der Waals surface area contributed by atoms with Crippen LogP contribution in [-0.2, 0) is 25.6 Å². The van der Waals surface area contributed by atoms with E-state index in [0.29, 0.717) is 25.4 Å². The number of aromatic nitrogens is 1. The van der Waals surface area contributed by atoms with Crippen molar-refractivity contribution in [3.05, 3.63) is 16.1 Å². The standard InChI is InChI=1S/C16H26N2O3S.C2HF3O2/c1-12-17-13(11-22-12)9-20-10-14-3-4-15-16(21-14)5-6-18(15)7-8-19-2;3-2(4,5)1(6)7/h11,14-16H,3-10H2,1-2H3;(H,6,7)/t14-,15-,16-;/m0./s1. The van der Waals surface area contributed by atoms with Crippen LogP contribution >= 0.6 is 11.3 Å². The molecule has 1 aromatic heterocycles. The third-order valence-corrected chi connectivity index (χ3v) is 5.62. The highest BCUT2D eigenvalue weighted by Crippen LogP contribution is 2.31. The normalized spacial score (nSPS) is 24.7. The van der Waals surface area contributed by atoms with Gasteiger partial charge >= 0.3 is 12.1 Å². The molecule has 0 bridgehead atoms. The molecule has 7 nitrogen and oxygen atoms in total. The van der Waals surface area contributed by atoms with Gasteiger partial charge in [-0.05, 0) is 26.2 Å². The molecule has 0 unspecified atom stereocenters. The number of nitrogens with zero attached hydrogens (tertiary/aromatic N) is 2. The third kappa shape index (κ3) is 7.82. The number of carbonyl (C=O) groups is 1. The molecule has 1 N–H and O–H groups in total. The second kappa shape index (κ2) is 11.2. The van der Waals surface area contributed by atoms with Crippen molar-refractivity contribution in [1.29, 1.82) is 0 Å². The van der Waals surface area contributed by atoms with Crippen LogP contribution in [0.3, 0.4) is 0 Å². The van der Waals surface area contributed by atoms with Gasteiger partial charge in [-0.25, -0.2) is 9.78 Å². The molecule has 0 amide bonds. The van der Waals surface area contributed by atoms with Crippen LogP contribution in [-0.4, -0.2) is 78.8 Å². The lowest BCUT2D eigenvalue weighted by Crippen LogP contribution is -2.44. The van der Waals surface area contributed by atoms with Gasteiger partial charge in [0.05, 0.1) is 42.7 Å². The number of carboxylic acid groups (broad SMARTS) is 1. The first-order chi connectivity index (χ1) is 13.7. The zero-order chi connectivity index (χ0) is 21.4. The number of methoxy groups -OCH3 is 1. The van der Waals surface area contributed by atoms with Gasteiger partial charge in [0.25, 0.3) is 0 Å². The van der Waals surface area contributed by atoms with Crippen molar-refractivity contribution >= 4 is 17.3 Å². The average Bonchev–Trinajstić information content (AvgIpc) is 3.25. The number of aliphatic carboxylic acids is 1. The summed E-state index contributed by atoms with van der Waals surface area (Å²) in [5.41, 5.74) is 1.03. The zero-order valence-corrected chi connectivity index (χ0v) is 17.3. The summed E-state index contributed by atoms with van der Waals surface area (Å²) >= 11 is 1.67. The molecule has 29 heavy (non-hydrogen) atoms. The first kappa shape index (κ1) is 24.0. The van der Waals surface area contributed by atoms with Crippen LogP contribution in [0.2, 0.25) is 0 Å². The monoisotopic (exact) mass is 440 g/mol. The number of ether oxygens (including phenoxy) is 3. The minimum atomic E-state index is -5.08. The predicted octanol–water partition coefficient (Wildman–Crippen LogP) is 2.87. The third-order valence-electron chi connectivity index (χ3n) is 4.80. The van der Waals surface area contributed by atoms with E-state index >= 15 is 0 Å². The summed E-state index contributed by atoms with van der Waals surface area (Å²) in [6.07, 6.45) is -1.04. The van der Waals surface area contributed by atoms with Crippen LogP contribution in [0.15, 0.2) is 5.38 Å². The van der Waals surface area contributed by atoms with Crippen LogP contribution in [0.5, 0.6) is 0 Å². The Bertz CT molecular complexity index is 643. The molecule has 0 spiro atoms. The van der Waals surface area contributed by atoms with Gasteiger partial charge in [-0.3, -0.25) is 4.90 Å². The molecule has 3 heterocycles. The summed E-state index contributed by atoms with van der Waals surface area (Å²) < 4.78 is 49.0. The topological polar surface area (TPSA) is 81.1 Å². The van der Waals surface area contributed by atoms with Crippen molar-refractivity contribution in [1.82, 2.24) is 9.88 Å². The minimum Gasteiger partial charge on any atom is -0.475 e. The second-order valence-corrected chi connectivity index (χ2v) is 8.00. The van der Waals surface area contributed by atoms with Crippen molar-refractivity contribution in [2.75, 3.05) is 33.4 Å². The Balaban J connectivity index is 0.000000370. The maximum absolute atomic E-state index is 10.6. The Hall–Kier alpha value is -1.27. The number of rotatable bonds is 7. The van der Waals surface area contributed by atoms with E-state index < -0.39 is 12.1 Å². The number of halogens is 3. The van der Waals surface area contributed by atoms with E-state index in [1.807, 2.05) is 6.92 Å². The average molecular weight is 440 g/mol. The molecular weight excluding hydrogens is 413 g/mol. The van der Waals surface area contributed by atoms with E-state index in [0.717, 1.165) is 43.2 Å². The number of alkyl halides is 3. The van der Waals surface area contributed by atoms with Gasteiger partial charge in [-0.1, -0.05) is 0 Å². The lowest BCUT2D eigenvalue weighted by atomic mass is 9.99. The molecule has 166 valence electrons. The Kier molecular flexibility index (Phi) is 9.28. The molecule has 2 fully saturated rings. The van der Waals surface area contributed by atoms with Crippen molar-refractivity contribution in [2.45, 2.75) is 57.2 Å². The molecule has 11 heteroatoms. The van der Waals surface area contributed by atoms with Crippen LogP contribution < -0.4 is 0 Å². The quantitative estimate of drug-likeness (QED) is 0.698. The van der Waals surface area contributed by atoms with Crippen LogP contribution in [0.4, 0.5) is 13.2 Å². The molecule has 2 aliphatic heterocycles. The number of fused-ring (bicyclic) bond motifs is 1. The summed E-state index contributed by atoms with van der Waals surface area (Å²) in [7, 11) is 1.77. The molecule has 3 atom stereocenters. The summed E-state index contributed by atoms with van der Waals surface area (Å²) in [4.78, 5) is 15.8. The lowest BCUT2D eigenvalue weighted by molar-refractivity contribution is -0.192. The molecule has 0 aromatic carbocycles. The Morgan fingerprint density at radius 1 is 1.41 bits per heavy atom. The van der Waals surface area contributed by atoms with Crippen molar-refractivity contribution < 1.29 is 37.3 Å². The van der Waals surface area contributed by atoms with E-state index in [1.165, 1.54) is 6.42 Å². The first-order valence-electron chi connectivity index (χ1n) is 9.38. The molecule has 1 aromatic rings. The predicted molar refractivity (Wildman–Crippen MR) is 99.9 cm³/mol. The minimum absolute atomic E-state index is 0.239. The maximum Gasteiger partial charge on any atom is 0.490 e. The number of aryl methyl sites for hydroxylation is 1. The van der Waals surface area contributed by atoms with Gasteiger partial charge in [0, 0.05) is 31.6 Å². The summed E-state index contributed by atoms with van der Waals surface area (Å²) in [6, 6.07) is 0.576. The van der Waals surface area contributed by atoms with Gasteiger partial charge in [0.2, 0.25) is 0 Å². The van der Waals surface area contributed by atoms with Gasteiger partial charge in [0.15, 0.2) is 0 Å². The van der Waals surface area contributed by atoms with E-state index in [9.17, 15) is 13.2 Å². The van der Waals surface area contributed by atoms with Gasteiger partial charge < -0.3 is 19.3 Å². The molecule has 3 rings (SSSR count). The SMILES string of the molecule is COCCN1CC[C@@H]2O[C@H](COCc3csc(C)n3)CC[C@@H]21.O=C(O)C(F)(F)F. The van der Waals surface area contributed by atoms with Crippen LogP contribution in [0.1, 0.15) is 30.0 Å². The van der Waals surface area contributed by atoms with E-state index in [4.69, 9.17) is 24.1 Å². The fraction of sp³-hybridized carbons (Fsp3) is 0.778. The Morgan fingerprint density at radius 3 is 2.72 bits per heavy atom. The summed E-state index contributed by atoms with van der Waals surface area (Å²) in [5, 5.41) is 10.3. The summed E-state index contributed by atoms with van der Waals surface area (Å²) in [5.74, 6) is -2.76. The Labute approximate surface area is 171 Å². The van der Waals surface area contributed by atoms with Crippen molar-refractivity contribution in [2.24, 2.45) is 0 Å². The smallest absolute Gasteiger partial charge is 0.475 e. The molecule has 2 aliphatic rings. The highest BCUT2D eigenvalue weighted by molar-refractivity contribution is 7.09. The second-order valence-electron chi connectivity index (χ2n) is 6.93. The van der Waals surface area contributed by atoms with Gasteiger partial charge in [-0.2, -0.15) is 13.2 Å². The molecule has 0 radical (unpaired) electrons. The lowest BCUT2D eigenvalue weighted by Gasteiger charge is -2.35.